The van der Waals surface area contributed by atoms with Gasteiger partial charge in [0.25, 0.3) is 11.6 Å². The number of non-ortho nitro benzene ring substituents is 1. The number of aryl methyl sites for hydroxylation is 1. The molecule has 0 aliphatic heterocycles. The number of rotatable bonds is 9. The third-order valence-corrected chi connectivity index (χ3v) is 5.27. The van der Waals surface area contributed by atoms with Crippen molar-refractivity contribution in [3.63, 3.8) is 0 Å². The van der Waals surface area contributed by atoms with E-state index in [0.717, 1.165) is 25.1 Å². The van der Waals surface area contributed by atoms with Crippen LogP contribution in [0, 0.1) is 17.0 Å². The molecule has 0 unspecified atom stereocenters. The van der Waals surface area contributed by atoms with E-state index < -0.39 is 4.92 Å². The van der Waals surface area contributed by atoms with Gasteiger partial charge in [0, 0.05) is 42.7 Å². The molecule has 3 aromatic rings. The van der Waals surface area contributed by atoms with Gasteiger partial charge in [0.2, 0.25) is 0 Å². The van der Waals surface area contributed by atoms with E-state index in [1.54, 1.807) is 0 Å². The van der Waals surface area contributed by atoms with Gasteiger partial charge in [0.05, 0.1) is 11.5 Å². The summed E-state index contributed by atoms with van der Waals surface area (Å²) in [6.45, 7) is 6.08. The highest BCUT2D eigenvalue weighted by Crippen LogP contribution is 2.17. The molecule has 1 amide bonds. The molecule has 1 aromatic heterocycles. The summed E-state index contributed by atoms with van der Waals surface area (Å²) in [6.07, 6.45) is 3.92. The molecule has 1 heterocycles. The Morgan fingerprint density at radius 1 is 1.07 bits per heavy atom. The minimum absolute atomic E-state index is 0.0150. The Labute approximate surface area is 176 Å². The molecule has 0 bridgehead atoms. The molecule has 0 atom stereocenters. The second-order valence-electron chi connectivity index (χ2n) is 7.44. The molecule has 6 nitrogen and oxygen atoms in total. The monoisotopic (exact) mass is 405 g/mol. The number of hydrogen-bond donors (Lipinski definition) is 0. The molecule has 2 aromatic carbocycles. The molecular formula is C24H27N3O3. The Morgan fingerprint density at radius 2 is 1.80 bits per heavy atom. The molecule has 0 saturated carbocycles. The molecule has 0 fully saturated rings. The zero-order valence-electron chi connectivity index (χ0n) is 17.5. The summed E-state index contributed by atoms with van der Waals surface area (Å²) in [5.74, 6) is -0.109. The van der Waals surface area contributed by atoms with Crippen LogP contribution in [-0.4, -0.2) is 26.8 Å². The smallest absolute Gasteiger partial charge is 0.269 e. The summed E-state index contributed by atoms with van der Waals surface area (Å²) in [5.41, 5.74) is 4.00. The first kappa shape index (κ1) is 21.3. The third kappa shape index (κ3) is 5.14. The van der Waals surface area contributed by atoms with Crippen LogP contribution in [-0.2, 0) is 13.1 Å². The molecule has 0 spiro atoms. The van der Waals surface area contributed by atoms with Gasteiger partial charge in [-0.25, -0.2) is 0 Å². The van der Waals surface area contributed by atoms with Crippen LogP contribution < -0.4 is 0 Å². The number of aromatic nitrogens is 1. The Balaban J connectivity index is 1.80. The molecule has 0 N–H and O–H groups in total. The predicted molar refractivity (Wildman–Crippen MR) is 117 cm³/mol. The van der Waals surface area contributed by atoms with Crippen molar-refractivity contribution in [2.45, 2.75) is 39.8 Å². The summed E-state index contributed by atoms with van der Waals surface area (Å²) in [7, 11) is 0. The van der Waals surface area contributed by atoms with Crippen molar-refractivity contribution in [1.29, 1.82) is 0 Å². The Kier molecular flexibility index (Phi) is 7.01. The van der Waals surface area contributed by atoms with Gasteiger partial charge >= 0.3 is 0 Å². The van der Waals surface area contributed by atoms with Gasteiger partial charge in [0.15, 0.2) is 0 Å². The number of amides is 1. The molecule has 0 saturated heterocycles. The van der Waals surface area contributed by atoms with Gasteiger partial charge in [-0.1, -0.05) is 37.6 Å². The number of nitrogens with zero attached hydrogens (tertiary/aromatic N) is 3. The second-order valence-corrected chi connectivity index (χ2v) is 7.44. The van der Waals surface area contributed by atoms with Crippen molar-refractivity contribution in [3.8, 4) is 0 Å². The van der Waals surface area contributed by atoms with Gasteiger partial charge in [-0.15, -0.1) is 0 Å². The lowest BCUT2D eigenvalue weighted by Gasteiger charge is -2.24. The SMILES string of the molecule is CCCCN(Cc1cccn1Cc1ccccc1C)C(=O)c1ccc([N+](=O)[O-])cc1. The molecule has 0 aliphatic carbocycles. The second kappa shape index (κ2) is 9.87. The number of nitro benzene ring substituents is 1. The van der Waals surface area contributed by atoms with E-state index in [9.17, 15) is 14.9 Å². The van der Waals surface area contributed by atoms with Crippen LogP contribution in [0.4, 0.5) is 5.69 Å². The van der Waals surface area contributed by atoms with Crippen LogP contribution in [0.5, 0.6) is 0 Å². The predicted octanol–water partition coefficient (Wildman–Crippen LogP) is 5.20. The molecule has 0 aliphatic rings. The van der Waals surface area contributed by atoms with E-state index in [-0.39, 0.29) is 11.6 Å². The summed E-state index contributed by atoms with van der Waals surface area (Å²) >= 11 is 0. The molecule has 6 heteroatoms. The van der Waals surface area contributed by atoms with Gasteiger partial charge in [-0.05, 0) is 48.7 Å². The summed E-state index contributed by atoms with van der Waals surface area (Å²) in [5, 5.41) is 10.9. The molecule has 30 heavy (non-hydrogen) atoms. The zero-order chi connectivity index (χ0) is 21.5. The summed E-state index contributed by atoms with van der Waals surface area (Å²) < 4.78 is 2.17. The van der Waals surface area contributed by atoms with Crippen LogP contribution in [0.15, 0.2) is 66.9 Å². The van der Waals surface area contributed by atoms with Crippen molar-refractivity contribution in [3.05, 3.63) is 99.4 Å². The largest absolute Gasteiger partial charge is 0.345 e. The van der Waals surface area contributed by atoms with Gasteiger partial charge < -0.3 is 9.47 Å². The number of benzene rings is 2. The lowest BCUT2D eigenvalue weighted by atomic mass is 10.1. The van der Waals surface area contributed by atoms with Crippen LogP contribution in [0.1, 0.15) is 46.9 Å². The van der Waals surface area contributed by atoms with Crippen molar-refractivity contribution >= 4 is 11.6 Å². The fourth-order valence-corrected chi connectivity index (χ4v) is 3.42. The first-order valence-corrected chi connectivity index (χ1v) is 10.2. The number of carbonyl (C=O) groups is 1. The van der Waals surface area contributed by atoms with Crippen molar-refractivity contribution < 1.29 is 9.72 Å². The highest BCUT2D eigenvalue weighted by molar-refractivity contribution is 5.94. The van der Waals surface area contributed by atoms with Gasteiger partial charge in [0.1, 0.15) is 0 Å². The topological polar surface area (TPSA) is 68.4 Å². The van der Waals surface area contributed by atoms with Crippen LogP contribution in [0.3, 0.4) is 0 Å². The lowest BCUT2D eigenvalue weighted by Crippen LogP contribution is -2.32. The standard InChI is InChI=1S/C24H27N3O3/c1-3-4-15-26(24(28)20-11-13-22(14-12-20)27(29)30)18-23-10-7-16-25(23)17-21-9-6-5-8-19(21)2/h5-14,16H,3-4,15,17-18H2,1-2H3. The van der Waals surface area contributed by atoms with E-state index in [2.05, 4.69) is 30.5 Å². The quantitative estimate of drug-likeness (QED) is 0.363. The molecule has 3 rings (SSSR count). The molecular weight excluding hydrogens is 378 g/mol. The number of hydrogen-bond acceptors (Lipinski definition) is 3. The fourth-order valence-electron chi connectivity index (χ4n) is 3.42. The van der Waals surface area contributed by atoms with E-state index in [4.69, 9.17) is 0 Å². The number of carbonyl (C=O) groups excluding carboxylic acids is 1. The Morgan fingerprint density at radius 3 is 2.47 bits per heavy atom. The molecule has 156 valence electrons. The maximum Gasteiger partial charge on any atom is 0.269 e. The maximum atomic E-state index is 13.1. The van der Waals surface area contributed by atoms with Crippen LogP contribution in [0.25, 0.3) is 0 Å². The van der Waals surface area contributed by atoms with Crippen molar-refractivity contribution in [2.75, 3.05) is 6.54 Å². The first-order valence-electron chi connectivity index (χ1n) is 10.2. The van der Waals surface area contributed by atoms with E-state index in [1.165, 1.54) is 35.4 Å². The first-order chi connectivity index (χ1) is 14.5. The van der Waals surface area contributed by atoms with Gasteiger partial charge in [-0.2, -0.15) is 0 Å². The minimum atomic E-state index is -0.457. The average Bonchev–Trinajstić information content (AvgIpc) is 3.19. The van der Waals surface area contributed by atoms with Crippen molar-refractivity contribution in [1.82, 2.24) is 9.47 Å². The fraction of sp³-hybridized carbons (Fsp3) is 0.292. The third-order valence-electron chi connectivity index (χ3n) is 5.27. The highest BCUT2D eigenvalue weighted by atomic mass is 16.6. The minimum Gasteiger partial charge on any atom is -0.345 e. The van der Waals surface area contributed by atoms with Crippen LogP contribution >= 0.6 is 0 Å². The van der Waals surface area contributed by atoms with Crippen LogP contribution in [0.2, 0.25) is 0 Å². The summed E-state index contributed by atoms with van der Waals surface area (Å²) in [4.78, 5) is 25.4. The van der Waals surface area contributed by atoms with E-state index in [1.807, 2.05) is 35.4 Å². The lowest BCUT2D eigenvalue weighted by molar-refractivity contribution is -0.384. The highest BCUT2D eigenvalue weighted by Gasteiger charge is 2.18. The molecule has 0 radical (unpaired) electrons. The Hall–Kier alpha value is -3.41. The van der Waals surface area contributed by atoms with Crippen molar-refractivity contribution in [2.24, 2.45) is 0 Å². The normalized spacial score (nSPS) is 10.7. The maximum absolute atomic E-state index is 13.1. The summed E-state index contributed by atoms with van der Waals surface area (Å²) in [6, 6.07) is 18.2. The number of nitro groups is 1. The Bertz CT molecular complexity index is 1010. The zero-order valence-corrected chi connectivity index (χ0v) is 17.5. The van der Waals surface area contributed by atoms with Gasteiger partial charge in [-0.3, -0.25) is 14.9 Å². The van der Waals surface area contributed by atoms with E-state index in [0.29, 0.717) is 18.7 Å². The number of unbranched alkanes of at least 4 members (excludes halogenated alkanes) is 1. The average molecular weight is 405 g/mol. The van der Waals surface area contributed by atoms with E-state index >= 15 is 0 Å².